The highest BCUT2D eigenvalue weighted by atomic mass is 35.5. The average molecular weight is 534 g/mol. The maximum absolute atomic E-state index is 14.8. The Labute approximate surface area is 227 Å². The molecule has 0 saturated heterocycles. The first-order chi connectivity index (χ1) is 18.9. The molecular formula is C31H20ClN3O4. The van der Waals surface area contributed by atoms with Crippen molar-refractivity contribution in [3.8, 4) is 0 Å². The van der Waals surface area contributed by atoms with E-state index < -0.39 is 22.8 Å². The van der Waals surface area contributed by atoms with Crippen LogP contribution in [0.1, 0.15) is 32.8 Å². The van der Waals surface area contributed by atoms with Crippen molar-refractivity contribution in [3.63, 3.8) is 0 Å². The van der Waals surface area contributed by atoms with E-state index in [1.807, 2.05) is 31.2 Å². The van der Waals surface area contributed by atoms with E-state index in [-0.39, 0.29) is 29.3 Å². The molecule has 5 aromatic rings. The van der Waals surface area contributed by atoms with Gasteiger partial charge in [-0.1, -0.05) is 54.1 Å². The van der Waals surface area contributed by atoms with Crippen LogP contribution in [0.15, 0.2) is 100 Å². The summed E-state index contributed by atoms with van der Waals surface area (Å²) in [4.78, 5) is 50.6. The van der Waals surface area contributed by atoms with Crippen LogP contribution in [0, 0.1) is 6.92 Å². The summed E-state index contributed by atoms with van der Waals surface area (Å²) in [6.45, 7) is 2.09. The molecule has 7 nitrogen and oxygen atoms in total. The van der Waals surface area contributed by atoms with E-state index in [1.54, 1.807) is 71.8 Å². The topological polar surface area (TPSA) is 83.7 Å². The van der Waals surface area contributed by atoms with Gasteiger partial charge in [-0.15, -0.1) is 0 Å². The van der Waals surface area contributed by atoms with E-state index in [0.29, 0.717) is 21.7 Å². The molecule has 7 rings (SSSR count). The molecule has 2 amide bonds. The van der Waals surface area contributed by atoms with Crippen LogP contribution in [0.2, 0.25) is 5.02 Å². The number of pyridine rings is 1. The summed E-state index contributed by atoms with van der Waals surface area (Å²) in [5, 5.41) is 0.878. The second-order valence-corrected chi connectivity index (χ2v) is 10.1. The Kier molecular flexibility index (Phi) is 5.02. The second-order valence-electron chi connectivity index (χ2n) is 9.71. The number of fused-ring (bicyclic) bond motifs is 5. The number of aryl methyl sites for hydroxylation is 1. The van der Waals surface area contributed by atoms with Gasteiger partial charge in [-0.25, -0.2) is 4.98 Å². The molecule has 2 aliphatic heterocycles. The molecule has 39 heavy (non-hydrogen) atoms. The minimum Gasteiger partial charge on any atom is -0.450 e. The zero-order valence-electron chi connectivity index (χ0n) is 20.7. The van der Waals surface area contributed by atoms with Crippen LogP contribution in [0.4, 0.5) is 11.5 Å². The van der Waals surface area contributed by atoms with Crippen LogP contribution < -0.4 is 15.2 Å². The molecule has 2 aromatic heterocycles. The van der Waals surface area contributed by atoms with Crippen LogP contribution in [0.25, 0.3) is 11.0 Å². The molecule has 4 heterocycles. The summed E-state index contributed by atoms with van der Waals surface area (Å²) in [7, 11) is 0. The van der Waals surface area contributed by atoms with Crippen molar-refractivity contribution in [2.24, 2.45) is 0 Å². The standard InChI is InChI=1S/C31H20ClN3O4/c1-18-14-15-33-25(16-18)35-29(37)28-26(27(36)21-6-2-5-9-24(21)39-28)31(35)22-7-3-4-8-23(22)34(30(31)38)17-19-10-12-20(32)13-11-19/h2-16H,17H2,1H3. The Morgan fingerprint density at radius 1 is 0.923 bits per heavy atom. The molecule has 190 valence electrons. The molecule has 1 atom stereocenters. The smallest absolute Gasteiger partial charge is 0.297 e. The molecule has 8 heteroatoms. The SMILES string of the molecule is Cc1ccnc(N2C(=O)c3oc4ccccc4c(=O)c3C23C(=O)N(Cc2ccc(Cl)cc2)c2ccccc23)c1. The number of benzene rings is 3. The number of carbonyl (C=O) groups is 2. The quantitative estimate of drug-likeness (QED) is 0.301. The fourth-order valence-electron chi connectivity index (χ4n) is 5.73. The highest BCUT2D eigenvalue weighted by molar-refractivity contribution is 6.30. The summed E-state index contributed by atoms with van der Waals surface area (Å²) < 4.78 is 6.09. The zero-order valence-corrected chi connectivity index (χ0v) is 21.5. The molecule has 0 fully saturated rings. The van der Waals surface area contributed by atoms with Gasteiger partial charge in [0, 0.05) is 16.8 Å². The van der Waals surface area contributed by atoms with Gasteiger partial charge >= 0.3 is 0 Å². The third-order valence-corrected chi connectivity index (χ3v) is 7.67. The normalized spacial score (nSPS) is 17.8. The van der Waals surface area contributed by atoms with E-state index in [1.165, 1.54) is 4.90 Å². The summed E-state index contributed by atoms with van der Waals surface area (Å²) >= 11 is 6.10. The Bertz CT molecular complexity index is 1900. The van der Waals surface area contributed by atoms with Gasteiger partial charge in [0.1, 0.15) is 11.4 Å². The number of halogens is 1. The fraction of sp³-hybridized carbons (Fsp3) is 0.0968. The second kappa shape index (κ2) is 8.38. The van der Waals surface area contributed by atoms with Crippen molar-refractivity contribution >= 4 is 45.9 Å². The first kappa shape index (κ1) is 23.4. The third kappa shape index (κ3) is 3.17. The number of aromatic nitrogens is 1. The molecule has 0 aliphatic carbocycles. The highest BCUT2D eigenvalue weighted by Crippen LogP contribution is 2.54. The van der Waals surface area contributed by atoms with Gasteiger partial charge in [0.05, 0.1) is 23.2 Å². The van der Waals surface area contributed by atoms with E-state index >= 15 is 0 Å². The van der Waals surface area contributed by atoms with Crippen molar-refractivity contribution < 1.29 is 14.0 Å². The van der Waals surface area contributed by atoms with Gasteiger partial charge in [-0.2, -0.15) is 0 Å². The molecule has 1 unspecified atom stereocenters. The lowest BCUT2D eigenvalue weighted by molar-refractivity contribution is -0.121. The van der Waals surface area contributed by atoms with Gasteiger partial charge in [0.25, 0.3) is 11.8 Å². The summed E-state index contributed by atoms with van der Waals surface area (Å²) in [6.07, 6.45) is 1.58. The van der Waals surface area contributed by atoms with Crippen molar-refractivity contribution in [2.45, 2.75) is 19.0 Å². The number of hydrogen-bond acceptors (Lipinski definition) is 5. The molecule has 0 N–H and O–H groups in total. The van der Waals surface area contributed by atoms with Crippen molar-refractivity contribution in [1.82, 2.24) is 4.98 Å². The molecule has 0 bridgehead atoms. The Morgan fingerprint density at radius 2 is 1.67 bits per heavy atom. The summed E-state index contributed by atoms with van der Waals surface area (Å²) in [6, 6.07) is 24.7. The Morgan fingerprint density at radius 3 is 2.46 bits per heavy atom. The van der Waals surface area contributed by atoms with Gasteiger partial charge in [0.15, 0.2) is 11.0 Å². The lowest BCUT2D eigenvalue weighted by Gasteiger charge is -2.33. The molecule has 3 aromatic carbocycles. The van der Waals surface area contributed by atoms with Crippen LogP contribution in [0.3, 0.4) is 0 Å². The predicted molar refractivity (Wildman–Crippen MR) is 148 cm³/mol. The van der Waals surface area contributed by atoms with Crippen molar-refractivity contribution in [2.75, 3.05) is 9.80 Å². The summed E-state index contributed by atoms with van der Waals surface area (Å²) in [5.41, 5.74) is 0.874. The zero-order chi connectivity index (χ0) is 26.9. The van der Waals surface area contributed by atoms with Crippen molar-refractivity contribution in [1.29, 1.82) is 0 Å². The molecule has 0 radical (unpaired) electrons. The Hall–Kier alpha value is -4.75. The van der Waals surface area contributed by atoms with Gasteiger partial charge in [-0.3, -0.25) is 19.3 Å². The predicted octanol–water partition coefficient (Wildman–Crippen LogP) is 5.60. The molecular weight excluding hydrogens is 514 g/mol. The number of rotatable bonds is 3. The lowest BCUT2D eigenvalue weighted by Crippen LogP contribution is -2.54. The fourth-order valence-corrected chi connectivity index (χ4v) is 5.85. The van der Waals surface area contributed by atoms with Gasteiger partial charge in [-0.05, 0) is 60.5 Å². The lowest BCUT2D eigenvalue weighted by atomic mass is 9.84. The van der Waals surface area contributed by atoms with Crippen molar-refractivity contribution in [3.05, 3.63) is 134 Å². The maximum atomic E-state index is 14.8. The number of nitrogens with zero attached hydrogens (tertiary/aromatic N) is 3. The monoisotopic (exact) mass is 533 g/mol. The van der Waals surface area contributed by atoms with E-state index in [9.17, 15) is 14.4 Å². The minimum atomic E-state index is -1.79. The van der Waals surface area contributed by atoms with Crippen LogP contribution in [-0.2, 0) is 16.9 Å². The minimum absolute atomic E-state index is 0.00515. The average Bonchev–Trinajstić information content (AvgIpc) is 3.34. The Balaban J connectivity index is 1.56. The largest absolute Gasteiger partial charge is 0.450 e. The summed E-state index contributed by atoms with van der Waals surface area (Å²) in [5.74, 6) is -0.927. The van der Waals surface area contributed by atoms with Gasteiger partial charge in [0.2, 0.25) is 5.76 Å². The number of anilines is 2. The molecule has 0 saturated carbocycles. The molecule has 2 aliphatic rings. The first-order valence-corrected chi connectivity index (χ1v) is 12.8. The van der Waals surface area contributed by atoms with E-state index in [2.05, 4.69) is 4.98 Å². The number of amides is 2. The van der Waals surface area contributed by atoms with E-state index in [4.69, 9.17) is 16.0 Å². The highest BCUT2D eigenvalue weighted by Gasteiger charge is 2.66. The van der Waals surface area contributed by atoms with Crippen LogP contribution >= 0.6 is 11.6 Å². The maximum Gasteiger partial charge on any atom is 0.297 e. The van der Waals surface area contributed by atoms with Crippen LogP contribution in [-0.4, -0.2) is 16.8 Å². The molecule has 1 spiro atoms. The number of hydrogen-bond donors (Lipinski definition) is 0. The van der Waals surface area contributed by atoms with Gasteiger partial charge < -0.3 is 9.32 Å². The number of para-hydroxylation sites is 2. The van der Waals surface area contributed by atoms with Crippen LogP contribution in [0.5, 0.6) is 0 Å². The third-order valence-electron chi connectivity index (χ3n) is 7.42. The number of carbonyl (C=O) groups excluding carboxylic acids is 2. The van der Waals surface area contributed by atoms with E-state index in [0.717, 1.165) is 11.1 Å². The first-order valence-electron chi connectivity index (χ1n) is 12.4.